The highest BCUT2D eigenvalue weighted by molar-refractivity contribution is 6.07. The van der Waals surface area contributed by atoms with Crippen LogP contribution in [0.25, 0.3) is 10.8 Å². The molecule has 2 saturated heterocycles. The van der Waals surface area contributed by atoms with E-state index >= 15 is 0 Å². The Kier molecular flexibility index (Phi) is 6.79. The normalized spacial score (nSPS) is 20.0. The molecule has 2 aliphatic rings. The van der Waals surface area contributed by atoms with Crippen molar-refractivity contribution in [2.75, 3.05) is 40.0 Å². The number of amides is 3. The molecule has 7 nitrogen and oxygen atoms in total. The summed E-state index contributed by atoms with van der Waals surface area (Å²) in [7, 11) is 1.65. The van der Waals surface area contributed by atoms with Crippen molar-refractivity contribution >= 4 is 22.7 Å². The van der Waals surface area contributed by atoms with E-state index in [1.54, 1.807) is 12.0 Å². The third-order valence-electron chi connectivity index (χ3n) is 7.02. The second kappa shape index (κ2) is 9.57. The largest absolute Gasteiger partial charge is 0.395 e. The first-order chi connectivity index (χ1) is 15.5. The zero-order chi connectivity index (χ0) is 22.7. The summed E-state index contributed by atoms with van der Waals surface area (Å²) in [6.45, 7) is 4.78. The highest BCUT2D eigenvalue weighted by Crippen LogP contribution is 2.38. The summed E-state index contributed by atoms with van der Waals surface area (Å²) in [5.41, 5.74) is 0.151. The summed E-state index contributed by atoms with van der Waals surface area (Å²) in [4.78, 5) is 32.6. The van der Waals surface area contributed by atoms with Gasteiger partial charge in [0, 0.05) is 39.4 Å². The number of imide groups is 1. The average molecular weight is 440 g/mol. The number of rotatable bonds is 8. The van der Waals surface area contributed by atoms with Crippen LogP contribution in [0.2, 0.25) is 0 Å². The van der Waals surface area contributed by atoms with Crippen molar-refractivity contribution in [3.63, 3.8) is 0 Å². The fourth-order valence-corrected chi connectivity index (χ4v) is 5.05. The van der Waals surface area contributed by atoms with Crippen LogP contribution in [0.1, 0.15) is 31.7 Å². The molecule has 32 heavy (non-hydrogen) atoms. The molecule has 2 heterocycles. The number of methoxy groups -OCH3 is 1. The number of carbonyl (C=O) groups excluding carboxylic acids is 2. The number of aliphatic hydroxyl groups is 1. The van der Waals surface area contributed by atoms with Crippen LogP contribution in [0.5, 0.6) is 0 Å². The van der Waals surface area contributed by atoms with Crippen LogP contribution in [0, 0.1) is 0 Å². The Labute approximate surface area is 189 Å². The lowest BCUT2D eigenvalue weighted by Crippen LogP contribution is -2.58. The first-order valence-electron chi connectivity index (χ1n) is 11.5. The Morgan fingerprint density at radius 3 is 2.50 bits per heavy atom. The van der Waals surface area contributed by atoms with Gasteiger partial charge in [0.1, 0.15) is 5.54 Å². The molecule has 2 aromatic carbocycles. The van der Waals surface area contributed by atoms with Crippen LogP contribution < -0.4 is 0 Å². The minimum atomic E-state index is -0.798. The number of fused-ring (bicyclic) bond motifs is 1. The van der Waals surface area contributed by atoms with Gasteiger partial charge >= 0.3 is 6.03 Å². The monoisotopic (exact) mass is 439 g/mol. The van der Waals surface area contributed by atoms with E-state index in [1.807, 2.05) is 37.3 Å². The van der Waals surface area contributed by atoms with Crippen molar-refractivity contribution in [1.29, 1.82) is 0 Å². The molecule has 0 radical (unpaired) electrons. The Morgan fingerprint density at radius 2 is 1.81 bits per heavy atom. The molecule has 0 bridgehead atoms. The fraction of sp³-hybridized carbons (Fsp3) is 0.520. The van der Waals surface area contributed by atoms with Crippen LogP contribution >= 0.6 is 0 Å². The maximum Gasteiger partial charge on any atom is 0.327 e. The number of carbonyl (C=O) groups is 2. The van der Waals surface area contributed by atoms with Crippen molar-refractivity contribution in [3.05, 3.63) is 48.0 Å². The van der Waals surface area contributed by atoms with E-state index in [-0.39, 0.29) is 31.1 Å². The van der Waals surface area contributed by atoms with E-state index in [0.717, 1.165) is 16.3 Å². The zero-order valence-electron chi connectivity index (χ0n) is 19.0. The number of urea groups is 1. The highest BCUT2D eigenvalue weighted by Gasteiger charge is 2.57. The van der Waals surface area contributed by atoms with Gasteiger partial charge in [0.25, 0.3) is 5.91 Å². The standard InChI is InChI=1S/C25H33N3O4/c1-19(18-29)26-13-10-25(11-14-26)23(30)27(24(31)28(25)12-5-15-32-2)17-20-8-9-21-6-3-4-7-22(21)16-20/h3-4,6-9,16,19,29H,5,10-15,17-18H2,1-2H3. The van der Waals surface area contributed by atoms with Crippen molar-refractivity contribution in [2.24, 2.45) is 0 Å². The van der Waals surface area contributed by atoms with Crippen molar-refractivity contribution in [3.8, 4) is 0 Å². The lowest BCUT2D eigenvalue weighted by atomic mass is 9.85. The molecule has 1 N–H and O–H groups in total. The molecule has 0 saturated carbocycles. The molecule has 1 unspecified atom stereocenters. The van der Waals surface area contributed by atoms with Crippen molar-refractivity contribution in [1.82, 2.24) is 14.7 Å². The number of ether oxygens (including phenoxy) is 1. The smallest absolute Gasteiger partial charge is 0.327 e. The molecular formula is C25H33N3O4. The van der Waals surface area contributed by atoms with Gasteiger partial charge in [-0.25, -0.2) is 4.79 Å². The van der Waals surface area contributed by atoms with E-state index in [9.17, 15) is 14.7 Å². The number of aliphatic hydroxyl groups excluding tert-OH is 1. The van der Waals surface area contributed by atoms with E-state index in [4.69, 9.17) is 4.74 Å². The first kappa shape index (κ1) is 22.7. The first-order valence-corrected chi connectivity index (χ1v) is 11.5. The SMILES string of the molecule is COCCCN1C(=O)N(Cc2ccc3ccccc3c2)C(=O)C12CCN(C(C)CO)CC2. The molecule has 172 valence electrons. The number of likely N-dealkylation sites (tertiary alicyclic amines) is 1. The summed E-state index contributed by atoms with van der Waals surface area (Å²) < 4.78 is 5.19. The zero-order valence-corrected chi connectivity index (χ0v) is 19.0. The molecule has 2 fully saturated rings. The van der Waals surface area contributed by atoms with Gasteiger partial charge < -0.3 is 14.7 Å². The molecule has 0 aliphatic carbocycles. The maximum absolute atomic E-state index is 13.7. The van der Waals surface area contributed by atoms with E-state index in [1.165, 1.54) is 4.90 Å². The lowest BCUT2D eigenvalue weighted by molar-refractivity contribution is -0.136. The molecule has 2 aromatic rings. The molecule has 7 heteroatoms. The minimum Gasteiger partial charge on any atom is -0.395 e. The minimum absolute atomic E-state index is 0.0511. The number of nitrogens with zero attached hydrogens (tertiary/aromatic N) is 3. The maximum atomic E-state index is 13.7. The third-order valence-corrected chi connectivity index (χ3v) is 7.02. The van der Waals surface area contributed by atoms with Crippen LogP contribution in [0.3, 0.4) is 0 Å². The van der Waals surface area contributed by atoms with Gasteiger partial charge in [-0.1, -0.05) is 36.4 Å². The van der Waals surface area contributed by atoms with Gasteiger partial charge in [0.2, 0.25) is 0 Å². The van der Waals surface area contributed by atoms with Gasteiger partial charge in [-0.2, -0.15) is 0 Å². The summed E-state index contributed by atoms with van der Waals surface area (Å²) >= 11 is 0. The Hall–Kier alpha value is -2.48. The number of hydrogen-bond donors (Lipinski definition) is 1. The number of benzene rings is 2. The fourth-order valence-electron chi connectivity index (χ4n) is 5.05. The molecule has 3 amide bonds. The van der Waals surface area contributed by atoms with Gasteiger partial charge in [-0.15, -0.1) is 0 Å². The van der Waals surface area contributed by atoms with Gasteiger partial charge in [-0.3, -0.25) is 14.6 Å². The molecule has 1 atom stereocenters. The summed E-state index contributed by atoms with van der Waals surface area (Å²) in [6, 6.07) is 14.0. The molecule has 1 spiro atoms. The predicted octanol–water partition coefficient (Wildman–Crippen LogP) is 2.86. The quantitative estimate of drug-likeness (QED) is 0.506. The second-order valence-corrected chi connectivity index (χ2v) is 8.95. The van der Waals surface area contributed by atoms with Gasteiger partial charge in [0.15, 0.2) is 0 Å². The van der Waals surface area contributed by atoms with Crippen LogP contribution in [0.15, 0.2) is 42.5 Å². The topological polar surface area (TPSA) is 73.3 Å². The molecule has 4 rings (SSSR count). The van der Waals surface area contributed by atoms with Gasteiger partial charge in [0.05, 0.1) is 13.2 Å². The Balaban J connectivity index is 1.58. The van der Waals surface area contributed by atoms with Gasteiger partial charge in [-0.05, 0) is 48.6 Å². The number of piperidine rings is 1. The summed E-state index contributed by atoms with van der Waals surface area (Å²) in [5, 5.41) is 11.8. The van der Waals surface area contributed by atoms with E-state index in [2.05, 4.69) is 17.0 Å². The second-order valence-electron chi connectivity index (χ2n) is 8.95. The predicted molar refractivity (Wildman–Crippen MR) is 123 cm³/mol. The molecular weight excluding hydrogens is 406 g/mol. The van der Waals surface area contributed by atoms with Crippen molar-refractivity contribution in [2.45, 2.75) is 44.3 Å². The average Bonchev–Trinajstić information content (AvgIpc) is 3.00. The highest BCUT2D eigenvalue weighted by atomic mass is 16.5. The van der Waals surface area contributed by atoms with E-state index < -0.39 is 5.54 Å². The van der Waals surface area contributed by atoms with Crippen LogP contribution in [-0.4, -0.2) is 83.3 Å². The summed E-state index contributed by atoms with van der Waals surface area (Å²) in [6.07, 6.45) is 1.87. The lowest BCUT2D eigenvalue weighted by Gasteiger charge is -2.43. The number of hydrogen-bond acceptors (Lipinski definition) is 5. The molecule has 2 aliphatic heterocycles. The molecule has 0 aromatic heterocycles. The summed E-state index contributed by atoms with van der Waals surface area (Å²) in [5.74, 6) is -0.0932. The van der Waals surface area contributed by atoms with Crippen LogP contribution in [0.4, 0.5) is 4.79 Å². The Morgan fingerprint density at radius 1 is 1.09 bits per heavy atom. The van der Waals surface area contributed by atoms with Crippen molar-refractivity contribution < 1.29 is 19.4 Å². The van der Waals surface area contributed by atoms with E-state index in [0.29, 0.717) is 45.5 Å². The Bertz CT molecular complexity index is 971. The van der Waals surface area contributed by atoms with Crippen LogP contribution in [-0.2, 0) is 16.1 Å². The third kappa shape index (κ3) is 4.12.